The molecule has 0 bridgehead atoms. The van der Waals surface area contributed by atoms with Crippen molar-refractivity contribution in [3.05, 3.63) is 29.8 Å². The molecule has 2 rings (SSSR count). The molecule has 100 valence electrons. The molecule has 0 aromatic heterocycles. The Bertz CT molecular complexity index is 429. The number of anilines is 1. The number of halogens is 2. The van der Waals surface area contributed by atoms with Gasteiger partial charge in [0.15, 0.2) is 11.6 Å². The minimum Gasteiger partial charge on any atom is -0.382 e. The fourth-order valence-corrected chi connectivity index (χ4v) is 3.28. The predicted molar refractivity (Wildman–Crippen MR) is 70.6 cm³/mol. The van der Waals surface area contributed by atoms with Crippen molar-refractivity contribution in [1.82, 2.24) is 0 Å². The third kappa shape index (κ3) is 3.21. The van der Waals surface area contributed by atoms with E-state index in [-0.39, 0.29) is 0 Å². The summed E-state index contributed by atoms with van der Waals surface area (Å²) in [5.74, 6) is -0.919. The molecule has 0 saturated heterocycles. The quantitative estimate of drug-likeness (QED) is 0.812. The number of nitrogens with one attached hydrogen (secondary N) is 1. The van der Waals surface area contributed by atoms with Crippen LogP contribution in [0.15, 0.2) is 18.2 Å². The average molecular weight is 253 g/mol. The first kappa shape index (κ1) is 13.3. The molecule has 0 aliphatic heterocycles. The molecule has 2 unspecified atom stereocenters. The lowest BCUT2D eigenvalue weighted by molar-refractivity contribution is 0.178. The lowest BCUT2D eigenvalue weighted by atomic mass is 9.70. The van der Waals surface area contributed by atoms with E-state index >= 15 is 0 Å². The molecule has 2 atom stereocenters. The van der Waals surface area contributed by atoms with E-state index in [4.69, 9.17) is 0 Å². The zero-order chi connectivity index (χ0) is 13.3. The van der Waals surface area contributed by atoms with E-state index < -0.39 is 11.6 Å². The van der Waals surface area contributed by atoms with Gasteiger partial charge in [0.2, 0.25) is 0 Å². The maximum atomic E-state index is 13.1. The normalized spacial score (nSPS) is 26.9. The van der Waals surface area contributed by atoms with Gasteiger partial charge in [-0.15, -0.1) is 0 Å². The summed E-state index contributed by atoms with van der Waals surface area (Å²) in [6, 6.07) is 4.36. The van der Waals surface area contributed by atoms with Gasteiger partial charge >= 0.3 is 0 Å². The highest BCUT2D eigenvalue weighted by molar-refractivity contribution is 5.44. The van der Waals surface area contributed by atoms with Crippen LogP contribution in [0.3, 0.4) is 0 Å². The SMILES string of the molecule is CC1CC(Nc2ccc(F)c(F)c2)CC(C)(C)C1. The average Bonchev–Trinajstić information content (AvgIpc) is 2.20. The van der Waals surface area contributed by atoms with Gasteiger partial charge in [-0.3, -0.25) is 0 Å². The molecular weight excluding hydrogens is 232 g/mol. The van der Waals surface area contributed by atoms with Crippen molar-refractivity contribution in [2.24, 2.45) is 11.3 Å². The lowest BCUT2D eigenvalue weighted by Gasteiger charge is -2.39. The second-order valence-electron chi connectivity index (χ2n) is 6.38. The van der Waals surface area contributed by atoms with Gasteiger partial charge in [-0.2, -0.15) is 0 Å². The van der Waals surface area contributed by atoms with Crippen LogP contribution >= 0.6 is 0 Å². The molecule has 1 aromatic rings. The fraction of sp³-hybridized carbons (Fsp3) is 0.600. The van der Waals surface area contributed by atoms with Crippen LogP contribution in [0.2, 0.25) is 0 Å². The molecule has 3 heteroatoms. The van der Waals surface area contributed by atoms with Crippen LogP contribution in [0.5, 0.6) is 0 Å². The molecule has 18 heavy (non-hydrogen) atoms. The number of hydrogen-bond acceptors (Lipinski definition) is 1. The highest BCUT2D eigenvalue weighted by atomic mass is 19.2. The third-order valence-electron chi connectivity index (χ3n) is 3.68. The molecular formula is C15H21F2N. The summed E-state index contributed by atoms with van der Waals surface area (Å²) >= 11 is 0. The maximum Gasteiger partial charge on any atom is 0.160 e. The fourth-order valence-electron chi connectivity index (χ4n) is 3.28. The molecule has 0 amide bonds. The Morgan fingerprint density at radius 3 is 2.50 bits per heavy atom. The molecule has 1 aliphatic rings. The van der Waals surface area contributed by atoms with Gasteiger partial charge in [0.25, 0.3) is 0 Å². The van der Waals surface area contributed by atoms with E-state index in [1.165, 1.54) is 18.6 Å². The first-order valence-electron chi connectivity index (χ1n) is 6.57. The summed E-state index contributed by atoms with van der Waals surface area (Å²) in [5.41, 5.74) is 0.984. The summed E-state index contributed by atoms with van der Waals surface area (Å²) in [5, 5.41) is 3.33. The van der Waals surface area contributed by atoms with Crippen LogP contribution in [-0.2, 0) is 0 Å². The zero-order valence-electron chi connectivity index (χ0n) is 11.3. The van der Waals surface area contributed by atoms with E-state index in [2.05, 4.69) is 26.1 Å². The van der Waals surface area contributed by atoms with E-state index in [0.29, 0.717) is 23.1 Å². The molecule has 1 aliphatic carbocycles. The number of hydrogen-bond donors (Lipinski definition) is 1. The van der Waals surface area contributed by atoms with Crippen molar-refractivity contribution in [1.29, 1.82) is 0 Å². The van der Waals surface area contributed by atoms with Crippen LogP contribution in [0.4, 0.5) is 14.5 Å². The molecule has 1 fully saturated rings. The number of rotatable bonds is 2. The summed E-state index contributed by atoms with van der Waals surface area (Å²) in [7, 11) is 0. The summed E-state index contributed by atoms with van der Waals surface area (Å²) in [6.07, 6.45) is 3.38. The molecule has 1 nitrogen and oxygen atoms in total. The van der Waals surface area contributed by atoms with Gasteiger partial charge in [0.1, 0.15) is 0 Å². The first-order chi connectivity index (χ1) is 8.35. The van der Waals surface area contributed by atoms with Crippen LogP contribution in [0.25, 0.3) is 0 Å². The second kappa shape index (κ2) is 4.87. The Kier molecular flexibility index (Phi) is 3.60. The van der Waals surface area contributed by atoms with Gasteiger partial charge in [0, 0.05) is 17.8 Å². The van der Waals surface area contributed by atoms with Gasteiger partial charge < -0.3 is 5.32 Å². The van der Waals surface area contributed by atoms with E-state index in [0.717, 1.165) is 12.8 Å². The van der Waals surface area contributed by atoms with Crippen LogP contribution in [-0.4, -0.2) is 6.04 Å². The van der Waals surface area contributed by atoms with E-state index in [1.807, 2.05) is 0 Å². The Hall–Kier alpha value is -1.12. The molecule has 1 saturated carbocycles. The molecule has 0 radical (unpaired) electrons. The molecule has 0 spiro atoms. The smallest absolute Gasteiger partial charge is 0.160 e. The van der Waals surface area contributed by atoms with Gasteiger partial charge in [-0.05, 0) is 42.7 Å². The molecule has 0 heterocycles. The Labute approximate surface area is 108 Å². The first-order valence-corrected chi connectivity index (χ1v) is 6.57. The minimum absolute atomic E-state index is 0.313. The second-order valence-corrected chi connectivity index (χ2v) is 6.38. The van der Waals surface area contributed by atoms with Gasteiger partial charge in [-0.1, -0.05) is 20.8 Å². The standard InChI is InChI=1S/C15H21F2N/c1-10-6-12(9-15(2,3)8-10)18-11-4-5-13(16)14(17)7-11/h4-5,7,10,12,18H,6,8-9H2,1-3H3. The highest BCUT2D eigenvalue weighted by Crippen LogP contribution is 2.39. The van der Waals surface area contributed by atoms with Crippen LogP contribution in [0, 0.1) is 23.0 Å². The highest BCUT2D eigenvalue weighted by Gasteiger charge is 2.31. The lowest BCUT2D eigenvalue weighted by Crippen LogP contribution is -2.35. The predicted octanol–water partition coefficient (Wildman–Crippen LogP) is 4.59. The van der Waals surface area contributed by atoms with Crippen molar-refractivity contribution in [2.45, 2.75) is 46.1 Å². The van der Waals surface area contributed by atoms with Crippen molar-refractivity contribution in [3.8, 4) is 0 Å². The van der Waals surface area contributed by atoms with Crippen molar-refractivity contribution in [3.63, 3.8) is 0 Å². The van der Waals surface area contributed by atoms with Crippen molar-refractivity contribution >= 4 is 5.69 Å². The summed E-state index contributed by atoms with van der Waals surface area (Å²) in [6.45, 7) is 6.78. The Balaban J connectivity index is 2.06. The van der Waals surface area contributed by atoms with Crippen LogP contribution < -0.4 is 5.32 Å². The maximum absolute atomic E-state index is 13.1. The summed E-state index contributed by atoms with van der Waals surface area (Å²) < 4.78 is 26.0. The Morgan fingerprint density at radius 2 is 1.89 bits per heavy atom. The zero-order valence-corrected chi connectivity index (χ0v) is 11.3. The molecule has 1 N–H and O–H groups in total. The van der Waals surface area contributed by atoms with Crippen molar-refractivity contribution < 1.29 is 8.78 Å². The van der Waals surface area contributed by atoms with Gasteiger partial charge in [-0.25, -0.2) is 8.78 Å². The van der Waals surface area contributed by atoms with E-state index in [1.54, 1.807) is 6.07 Å². The van der Waals surface area contributed by atoms with Crippen molar-refractivity contribution in [2.75, 3.05) is 5.32 Å². The minimum atomic E-state index is -0.794. The number of benzene rings is 1. The largest absolute Gasteiger partial charge is 0.382 e. The topological polar surface area (TPSA) is 12.0 Å². The van der Waals surface area contributed by atoms with E-state index in [9.17, 15) is 8.78 Å². The van der Waals surface area contributed by atoms with Gasteiger partial charge in [0.05, 0.1) is 0 Å². The third-order valence-corrected chi connectivity index (χ3v) is 3.68. The monoisotopic (exact) mass is 253 g/mol. The Morgan fingerprint density at radius 1 is 1.17 bits per heavy atom. The van der Waals surface area contributed by atoms with Crippen LogP contribution in [0.1, 0.15) is 40.0 Å². The summed E-state index contributed by atoms with van der Waals surface area (Å²) in [4.78, 5) is 0. The molecule has 1 aromatic carbocycles.